The van der Waals surface area contributed by atoms with Gasteiger partial charge in [-0.05, 0) is 12.8 Å². The van der Waals surface area contributed by atoms with Gasteiger partial charge in [-0.2, -0.15) is 0 Å². The molecule has 0 aliphatic heterocycles. The summed E-state index contributed by atoms with van der Waals surface area (Å²) >= 11 is 0. The number of hydrogen-bond donors (Lipinski definition) is 2. The zero-order chi connectivity index (χ0) is 10.3. The number of amides is 1. The Labute approximate surface area is 78.2 Å². The van der Waals surface area contributed by atoms with Gasteiger partial charge in [0.15, 0.2) is 8.03 Å². The van der Waals surface area contributed by atoms with Crippen molar-refractivity contribution < 1.29 is 19.5 Å². The number of carbonyl (C=O) groups is 1. The summed E-state index contributed by atoms with van der Waals surface area (Å²) in [6.07, 6.45) is 2.41. The van der Waals surface area contributed by atoms with Crippen LogP contribution in [0.15, 0.2) is 0 Å². The molecule has 1 atom stereocenters. The molecule has 0 rings (SSSR count). The van der Waals surface area contributed by atoms with E-state index < -0.39 is 8.03 Å². The highest BCUT2D eigenvalue weighted by Gasteiger charge is 2.02. The van der Waals surface area contributed by atoms with Crippen molar-refractivity contribution >= 4 is 13.9 Å². The van der Waals surface area contributed by atoms with E-state index in [1.54, 1.807) is 0 Å². The largest absolute Gasteiger partial charge is 0.346 e. The Morgan fingerprint density at radius 1 is 1.38 bits per heavy atom. The lowest BCUT2D eigenvalue weighted by Gasteiger charge is -2.11. The van der Waals surface area contributed by atoms with Crippen molar-refractivity contribution in [3.05, 3.63) is 0 Å². The summed E-state index contributed by atoms with van der Waals surface area (Å²) in [7, 11) is -2.34. The number of carbonyl (C=O) groups excluding carboxylic acids is 1. The van der Waals surface area contributed by atoms with E-state index in [-0.39, 0.29) is 5.91 Å². The SMILES string of the molecule is CC(=O)N(O)CCCCC[PH](=O)O. The molecule has 1 amide bonds. The van der Waals surface area contributed by atoms with E-state index in [4.69, 9.17) is 10.1 Å². The summed E-state index contributed by atoms with van der Waals surface area (Å²) < 4.78 is 10.3. The standard InChI is InChI=1S/C7H16NO4P/c1-7(9)8(10)5-3-2-4-6-13(11)12/h10,13H,2-6H2,1H3,(H,11,12). The molecule has 0 aromatic rings. The maximum atomic E-state index is 10.5. The molecule has 0 aliphatic rings. The fraction of sp³-hybridized carbons (Fsp3) is 0.857. The highest BCUT2D eigenvalue weighted by Crippen LogP contribution is 2.15. The van der Waals surface area contributed by atoms with Crippen LogP contribution in [0, 0.1) is 0 Å². The average molecular weight is 209 g/mol. The lowest BCUT2D eigenvalue weighted by Crippen LogP contribution is -2.25. The molecule has 0 bridgehead atoms. The van der Waals surface area contributed by atoms with Crippen LogP contribution in [0.1, 0.15) is 26.2 Å². The summed E-state index contributed by atoms with van der Waals surface area (Å²) in [5.41, 5.74) is 0. The van der Waals surface area contributed by atoms with Crippen LogP contribution >= 0.6 is 8.03 Å². The minimum absolute atomic E-state index is 0.293. The topological polar surface area (TPSA) is 77.8 Å². The number of hydrogen-bond acceptors (Lipinski definition) is 3. The molecule has 0 fully saturated rings. The predicted octanol–water partition coefficient (Wildman–Crippen LogP) is 0.861. The molecule has 0 aromatic heterocycles. The molecule has 0 radical (unpaired) electrons. The van der Waals surface area contributed by atoms with Crippen molar-refractivity contribution in [2.45, 2.75) is 26.2 Å². The third-order valence-corrected chi connectivity index (χ3v) is 2.41. The van der Waals surface area contributed by atoms with Gasteiger partial charge in [0.2, 0.25) is 5.91 Å². The van der Waals surface area contributed by atoms with Gasteiger partial charge in [0, 0.05) is 19.6 Å². The van der Waals surface area contributed by atoms with Crippen LogP contribution in [-0.4, -0.2) is 33.8 Å². The monoisotopic (exact) mass is 209 g/mol. The van der Waals surface area contributed by atoms with Gasteiger partial charge < -0.3 is 4.89 Å². The molecule has 5 nitrogen and oxygen atoms in total. The van der Waals surface area contributed by atoms with Gasteiger partial charge in [0.1, 0.15) is 0 Å². The van der Waals surface area contributed by atoms with Gasteiger partial charge in [0.05, 0.1) is 0 Å². The second-order valence-electron chi connectivity index (χ2n) is 2.85. The molecule has 0 aliphatic carbocycles. The quantitative estimate of drug-likeness (QED) is 0.294. The molecular formula is C7H16NO4P. The van der Waals surface area contributed by atoms with Crippen molar-refractivity contribution in [1.29, 1.82) is 0 Å². The zero-order valence-electron chi connectivity index (χ0n) is 7.69. The lowest BCUT2D eigenvalue weighted by atomic mass is 10.2. The van der Waals surface area contributed by atoms with E-state index in [2.05, 4.69) is 0 Å². The van der Waals surface area contributed by atoms with Crippen LogP contribution in [0.4, 0.5) is 0 Å². The molecule has 6 heteroatoms. The van der Waals surface area contributed by atoms with Crippen LogP contribution < -0.4 is 0 Å². The molecule has 0 saturated carbocycles. The van der Waals surface area contributed by atoms with E-state index in [0.717, 1.165) is 6.42 Å². The number of rotatable bonds is 6. The van der Waals surface area contributed by atoms with Gasteiger partial charge in [-0.15, -0.1) is 0 Å². The van der Waals surface area contributed by atoms with Gasteiger partial charge in [-0.1, -0.05) is 6.42 Å². The Hall–Kier alpha value is -0.380. The first kappa shape index (κ1) is 12.6. The molecular weight excluding hydrogens is 193 g/mol. The Morgan fingerprint density at radius 3 is 2.46 bits per heavy atom. The Kier molecular flexibility index (Phi) is 6.86. The molecule has 0 saturated heterocycles. The van der Waals surface area contributed by atoms with Crippen molar-refractivity contribution in [2.75, 3.05) is 12.7 Å². The van der Waals surface area contributed by atoms with E-state index in [1.807, 2.05) is 0 Å². The first-order valence-corrected chi connectivity index (χ1v) is 5.79. The summed E-state index contributed by atoms with van der Waals surface area (Å²) in [4.78, 5) is 19.0. The maximum Gasteiger partial charge on any atom is 0.242 e. The second kappa shape index (κ2) is 7.06. The fourth-order valence-corrected chi connectivity index (χ4v) is 1.42. The normalized spacial score (nSPS) is 12.5. The molecule has 0 heterocycles. The van der Waals surface area contributed by atoms with Gasteiger partial charge in [-0.3, -0.25) is 14.6 Å². The summed E-state index contributed by atoms with van der Waals surface area (Å²) in [6.45, 7) is 1.58. The minimum atomic E-state index is -2.34. The van der Waals surface area contributed by atoms with Crippen molar-refractivity contribution in [1.82, 2.24) is 5.06 Å². The third kappa shape index (κ3) is 7.96. The molecule has 13 heavy (non-hydrogen) atoms. The summed E-state index contributed by atoms with van der Waals surface area (Å²) in [6, 6.07) is 0. The smallest absolute Gasteiger partial charge is 0.242 e. The van der Waals surface area contributed by atoms with E-state index in [9.17, 15) is 9.36 Å². The molecule has 0 spiro atoms. The van der Waals surface area contributed by atoms with E-state index >= 15 is 0 Å². The van der Waals surface area contributed by atoms with Crippen molar-refractivity contribution in [3.8, 4) is 0 Å². The predicted molar refractivity (Wildman–Crippen MR) is 49.1 cm³/mol. The number of nitrogens with zero attached hydrogens (tertiary/aromatic N) is 1. The highest BCUT2D eigenvalue weighted by molar-refractivity contribution is 7.37. The Bertz CT molecular complexity index is 185. The van der Waals surface area contributed by atoms with E-state index in [1.165, 1.54) is 6.92 Å². The first-order chi connectivity index (χ1) is 6.04. The van der Waals surface area contributed by atoms with Crippen molar-refractivity contribution in [2.24, 2.45) is 0 Å². The summed E-state index contributed by atoms with van der Waals surface area (Å²) in [5.74, 6) is -0.379. The highest BCUT2D eigenvalue weighted by atomic mass is 31.1. The van der Waals surface area contributed by atoms with Crippen molar-refractivity contribution in [3.63, 3.8) is 0 Å². The van der Waals surface area contributed by atoms with Crippen LogP contribution in [0.3, 0.4) is 0 Å². The molecule has 0 aromatic carbocycles. The Morgan fingerprint density at radius 2 is 2.00 bits per heavy atom. The molecule has 2 N–H and O–H groups in total. The Balaban J connectivity index is 3.26. The van der Waals surface area contributed by atoms with E-state index in [0.29, 0.717) is 30.6 Å². The fourth-order valence-electron chi connectivity index (χ4n) is 0.872. The van der Waals surface area contributed by atoms with Gasteiger partial charge in [-0.25, -0.2) is 5.06 Å². The minimum Gasteiger partial charge on any atom is -0.346 e. The zero-order valence-corrected chi connectivity index (χ0v) is 8.69. The van der Waals surface area contributed by atoms with Gasteiger partial charge in [0.25, 0.3) is 0 Å². The van der Waals surface area contributed by atoms with Gasteiger partial charge >= 0.3 is 0 Å². The first-order valence-electron chi connectivity index (χ1n) is 4.23. The maximum absolute atomic E-state index is 10.5. The number of hydroxylamine groups is 2. The number of unbranched alkanes of at least 4 members (excludes halogenated alkanes) is 2. The van der Waals surface area contributed by atoms with Crippen LogP contribution in [-0.2, 0) is 9.36 Å². The molecule has 78 valence electrons. The lowest BCUT2D eigenvalue weighted by molar-refractivity contribution is -0.162. The summed E-state index contributed by atoms with van der Waals surface area (Å²) in [5, 5.41) is 9.57. The molecule has 1 unspecified atom stereocenters. The van der Waals surface area contributed by atoms with Crippen LogP contribution in [0.25, 0.3) is 0 Å². The van der Waals surface area contributed by atoms with Crippen LogP contribution in [0.5, 0.6) is 0 Å². The average Bonchev–Trinajstić information content (AvgIpc) is 2.02. The second-order valence-corrected chi connectivity index (χ2v) is 4.13. The van der Waals surface area contributed by atoms with Crippen LogP contribution in [0.2, 0.25) is 0 Å². The third-order valence-electron chi connectivity index (χ3n) is 1.62.